The average Bonchev–Trinajstić information content (AvgIpc) is 3.07. The minimum absolute atomic E-state index is 0.0373. The zero-order valence-corrected chi connectivity index (χ0v) is 13.4. The molecule has 26 heavy (non-hydrogen) atoms. The molecule has 0 unspecified atom stereocenters. The van der Waals surface area contributed by atoms with Crippen molar-refractivity contribution in [3.05, 3.63) is 72.2 Å². The van der Waals surface area contributed by atoms with Crippen molar-refractivity contribution in [2.75, 3.05) is 0 Å². The van der Waals surface area contributed by atoms with Crippen LogP contribution in [0, 0.1) is 17.1 Å². The van der Waals surface area contributed by atoms with Crippen molar-refractivity contribution in [2.24, 2.45) is 0 Å². The number of phenols is 2. The Labute approximate surface area is 147 Å². The Morgan fingerprint density at radius 3 is 2.62 bits per heavy atom. The van der Waals surface area contributed by atoms with Crippen molar-refractivity contribution in [2.45, 2.75) is 0 Å². The number of fused-ring (bicyclic) bond motifs is 1. The number of aromatic nitrogens is 2. The summed E-state index contributed by atoms with van der Waals surface area (Å²) in [5, 5.41) is 33.5. The van der Waals surface area contributed by atoms with E-state index in [1.54, 1.807) is 16.9 Å². The molecule has 0 aliphatic carbocycles. The molecule has 0 fully saturated rings. The second kappa shape index (κ2) is 5.90. The number of phenolic OH excluding ortho intramolecular Hbond substituents is 2. The van der Waals surface area contributed by atoms with Crippen LogP contribution in [0.5, 0.6) is 11.5 Å². The summed E-state index contributed by atoms with van der Waals surface area (Å²) >= 11 is 0. The van der Waals surface area contributed by atoms with Gasteiger partial charge in [0.05, 0.1) is 29.0 Å². The van der Waals surface area contributed by atoms with Crippen LogP contribution in [-0.2, 0) is 0 Å². The number of hydrogen-bond acceptors (Lipinski definition) is 4. The van der Waals surface area contributed by atoms with Crippen molar-refractivity contribution >= 4 is 10.9 Å². The molecule has 1 aromatic heterocycles. The highest BCUT2D eigenvalue weighted by molar-refractivity contribution is 5.87. The minimum atomic E-state index is -0.691. The van der Waals surface area contributed by atoms with Crippen molar-refractivity contribution in [1.82, 2.24) is 9.78 Å². The van der Waals surface area contributed by atoms with Gasteiger partial charge in [0.15, 0.2) is 11.6 Å². The first-order valence-electron chi connectivity index (χ1n) is 7.77. The monoisotopic (exact) mass is 345 g/mol. The summed E-state index contributed by atoms with van der Waals surface area (Å²) in [4.78, 5) is 0. The van der Waals surface area contributed by atoms with Crippen LogP contribution in [0.1, 0.15) is 5.56 Å². The Morgan fingerprint density at radius 2 is 1.85 bits per heavy atom. The summed E-state index contributed by atoms with van der Waals surface area (Å²) in [7, 11) is 0. The molecule has 0 saturated carbocycles. The molecular weight excluding hydrogens is 333 g/mol. The number of benzene rings is 3. The van der Waals surface area contributed by atoms with Gasteiger partial charge in [-0.15, -0.1) is 0 Å². The molecule has 6 heteroatoms. The molecule has 4 aromatic rings. The fourth-order valence-electron chi connectivity index (χ4n) is 2.92. The van der Waals surface area contributed by atoms with Gasteiger partial charge in [0.2, 0.25) is 0 Å². The smallest absolute Gasteiger partial charge is 0.164 e. The predicted octanol–water partition coefficient (Wildman–Crippen LogP) is 4.11. The highest BCUT2D eigenvalue weighted by Gasteiger charge is 2.11. The van der Waals surface area contributed by atoms with Gasteiger partial charge >= 0.3 is 0 Å². The molecule has 0 radical (unpaired) electrons. The van der Waals surface area contributed by atoms with Gasteiger partial charge in [-0.2, -0.15) is 10.4 Å². The molecule has 0 spiro atoms. The van der Waals surface area contributed by atoms with Crippen LogP contribution in [0.25, 0.3) is 27.7 Å². The van der Waals surface area contributed by atoms with Crippen molar-refractivity contribution < 1.29 is 14.6 Å². The quantitative estimate of drug-likeness (QED) is 0.573. The second-order valence-electron chi connectivity index (χ2n) is 5.81. The fourth-order valence-corrected chi connectivity index (χ4v) is 2.92. The molecular formula is C20H12FN3O2. The largest absolute Gasteiger partial charge is 0.508 e. The number of halogens is 1. The van der Waals surface area contributed by atoms with E-state index in [-0.39, 0.29) is 5.75 Å². The lowest BCUT2D eigenvalue weighted by Gasteiger charge is -2.07. The summed E-state index contributed by atoms with van der Waals surface area (Å²) < 4.78 is 14.9. The summed E-state index contributed by atoms with van der Waals surface area (Å²) in [6.45, 7) is 0. The Balaban J connectivity index is 1.84. The summed E-state index contributed by atoms with van der Waals surface area (Å²) in [5.41, 5.74) is 3.21. The molecule has 4 rings (SSSR count). The molecule has 0 aliphatic rings. The molecule has 0 bridgehead atoms. The Hall–Kier alpha value is -3.85. The third kappa shape index (κ3) is 2.52. The SMILES string of the molecule is N#Cc1cc(O)ccc1-c1ccc2c(cnn2-c2ccc(F)c(O)c2)c1. The fraction of sp³-hybridized carbons (Fsp3) is 0. The van der Waals surface area contributed by atoms with E-state index in [0.717, 1.165) is 16.5 Å². The number of hydrogen-bond donors (Lipinski definition) is 2. The topological polar surface area (TPSA) is 82.1 Å². The van der Waals surface area contributed by atoms with E-state index in [0.29, 0.717) is 16.8 Å². The van der Waals surface area contributed by atoms with E-state index in [4.69, 9.17) is 0 Å². The summed E-state index contributed by atoms with van der Waals surface area (Å²) in [6.07, 6.45) is 1.66. The highest BCUT2D eigenvalue weighted by atomic mass is 19.1. The van der Waals surface area contributed by atoms with E-state index < -0.39 is 11.6 Å². The maximum Gasteiger partial charge on any atom is 0.164 e. The van der Waals surface area contributed by atoms with E-state index >= 15 is 0 Å². The normalized spacial score (nSPS) is 10.8. The van der Waals surface area contributed by atoms with Gasteiger partial charge in [-0.1, -0.05) is 6.07 Å². The highest BCUT2D eigenvalue weighted by Crippen LogP contribution is 2.30. The number of aromatic hydroxyl groups is 2. The van der Waals surface area contributed by atoms with Gasteiger partial charge in [-0.25, -0.2) is 9.07 Å². The van der Waals surface area contributed by atoms with E-state index in [1.165, 1.54) is 30.3 Å². The lowest BCUT2D eigenvalue weighted by atomic mass is 9.99. The van der Waals surface area contributed by atoms with Crippen molar-refractivity contribution in [1.29, 1.82) is 5.26 Å². The van der Waals surface area contributed by atoms with Gasteiger partial charge in [0.25, 0.3) is 0 Å². The van der Waals surface area contributed by atoms with Gasteiger partial charge in [-0.3, -0.25) is 0 Å². The third-order valence-corrected chi connectivity index (χ3v) is 4.18. The Kier molecular flexibility index (Phi) is 3.55. The molecule has 0 atom stereocenters. The van der Waals surface area contributed by atoms with Crippen LogP contribution >= 0.6 is 0 Å². The maximum absolute atomic E-state index is 13.3. The summed E-state index contributed by atoms with van der Waals surface area (Å²) in [5.74, 6) is -1.09. The number of nitrogens with zero attached hydrogens (tertiary/aromatic N) is 3. The standard InChI is InChI=1S/C20H12FN3O2/c21-18-5-2-15(9-20(18)26)24-19-6-1-12(7-14(19)11-23-24)17-4-3-16(25)8-13(17)10-22/h1-9,11,25-26H. The van der Waals surface area contributed by atoms with Crippen LogP contribution in [-0.4, -0.2) is 20.0 Å². The van der Waals surface area contributed by atoms with Crippen LogP contribution in [0.3, 0.4) is 0 Å². The predicted molar refractivity (Wildman–Crippen MR) is 94.5 cm³/mol. The Bertz CT molecular complexity index is 1190. The number of rotatable bonds is 2. The number of nitriles is 1. The van der Waals surface area contributed by atoms with E-state index in [1.807, 2.05) is 18.2 Å². The van der Waals surface area contributed by atoms with Crippen molar-refractivity contribution in [3.8, 4) is 34.4 Å². The molecule has 1 heterocycles. The van der Waals surface area contributed by atoms with Crippen LogP contribution in [0.4, 0.5) is 4.39 Å². The lowest BCUT2D eigenvalue weighted by Crippen LogP contribution is -1.96. The van der Waals surface area contributed by atoms with E-state index in [2.05, 4.69) is 11.2 Å². The Morgan fingerprint density at radius 1 is 1.00 bits per heavy atom. The van der Waals surface area contributed by atoms with Gasteiger partial charge in [0, 0.05) is 11.5 Å². The third-order valence-electron chi connectivity index (χ3n) is 4.18. The first-order valence-corrected chi connectivity index (χ1v) is 7.77. The maximum atomic E-state index is 13.3. The zero-order valence-electron chi connectivity index (χ0n) is 13.4. The van der Waals surface area contributed by atoms with Crippen molar-refractivity contribution in [3.63, 3.8) is 0 Å². The molecule has 2 N–H and O–H groups in total. The van der Waals surface area contributed by atoms with Crippen LogP contribution < -0.4 is 0 Å². The van der Waals surface area contributed by atoms with Crippen LogP contribution in [0.15, 0.2) is 60.8 Å². The molecule has 0 amide bonds. The zero-order chi connectivity index (χ0) is 18.3. The first-order chi connectivity index (χ1) is 12.6. The van der Waals surface area contributed by atoms with Gasteiger partial charge in [-0.05, 0) is 53.6 Å². The second-order valence-corrected chi connectivity index (χ2v) is 5.81. The summed E-state index contributed by atoms with van der Waals surface area (Å²) in [6, 6.07) is 16.3. The van der Waals surface area contributed by atoms with E-state index in [9.17, 15) is 19.9 Å². The lowest BCUT2D eigenvalue weighted by molar-refractivity contribution is 0.432. The van der Waals surface area contributed by atoms with Gasteiger partial charge in [0.1, 0.15) is 5.75 Å². The van der Waals surface area contributed by atoms with Gasteiger partial charge < -0.3 is 10.2 Å². The molecule has 126 valence electrons. The van der Waals surface area contributed by atoms with Crippen LogP contribution in [0.2, 0.25) is 0 Å². The molecule has 0 aliphatic heterocycles. The molecule has 3 aromatic carbocycles. The first kappa shape index (κ1) is 15.7. The average molecular weight is 345 g/mol. The molecule has 0 saturated heterocycles. The molecule has 5 nitrogen and oxygen atoms in total. The minimum Gasteiger partial charge on any atom is -0.508 e.